The lowest BCUT2D eigenvalue weighted by Gasteiger charge is -2.23. The molecule has 3 nitrogen and oxygen atoms in total. The molecular weight excluding hydrogens is 164 g/mol. The number of hydrogen-bond donors (Lipinski definition) is 2. The molecule has 3 heteroatoms. The van der Waals surface area contributed by atoms with Crippen molar-refractivity contribution in [2.75, 3.05) is 32.8 Å². The molecule has 0 aromatic rings. The first-order valence-corrected chi connectivity index (χ1v) is 5.13. The molecule has 0 radical (unpaired) electrons. The molecule has 1 aliphatic rings. The van der Waals surface area contributed by atoms with E-state index in [9.17, 15) is 5.11 Å². The number of hydrogen-bond acceptors (Lipinski definition) is 3. The number of nitrogens with zero attached hydrogens (tertiary/aromatic N) is 1. The van der Waals surface area contributed by atoms with Gasteiger partial charge >= 0.3 is 0 Å². The average Bonchev–Trinajstić information content (AvgIpc) is 2.36. The molecule has 0 unspecified atom stereocenters. The first kappa shape index (κ1) is 11.0. The Balaban J connectivity index is 2.39. The lowest BCUT2D eigenvalue weighted by atomic mass is 9.83. The van der Waals surface area contributed by atoms with Crippen LogP contribution in [0.3, 0.4) is 0 Å². The van der Waals surface area contributed by atoms with Crippen LogP contribution in [0.15, 0.2) is 0 Å². The minimum absolute atomic E-state index is 0.267. The molecule has 1 saturated heterocycles. The van der Waals surface area contributed by atoms with Crippen LogP contribution in [0.5, 0.6) is 0 Å². The van der Waals surface area contributed by atoms with Crippen molar-refractivity contribution in [1.29, 1.82) is 0 Å². The Morgan fingerprint density at radius 1 is 1.54 bits per heavy atom. The van der Waals surface area contributed by atoms with E-state index in [0.717, 1.165) is 32.6 Å². The van der Waals surface area contributed by atoms with E-state index in [1.165, 1.54) is 0 Å². The summed E-state index contributed by atoms with van der Waals surface area (Å²) in [6.45, 7) is 8.75. The summed E-state index contributed by atoms with van der Waals surface area (Å²) in [7, 11) is 0. The molecule has 3 N–H and O–H groups in total. The summed E-state index contributed by atoms with van der Waals surface area (Å²) in [6, 6.07) is 0. The Labute approximate surface area is 80.9 Å². The maximum Gasteiger partial charge on any atom is 0.0477 e. The Morgan fingerprint density at radius 2 is 2.23 bits per heavy atom. The second-order valence-corrected chi connectivity index (χ2v) is 4.75. The van der Waals surface area contributed by atoms with Crippen molar-refractivity contribution >= 4 is 0 Å². The van der Waals surface area contributed by atoms with E-state index in [1.807, 2.05) is 0 Å². The molecule has 0 bridgehead atoms. The maximum atomic E-state index is 9.19. The largest absolute Gasteiger partial charge is 0.396 e. The predicted molar refractivity (Wildman–Crippen MR) is 54.5 cm³/mol. The molecule has 78 valence electrons. The summed E-state index contributed by atoms with van der Waals surface area (Å²) < 4.78 is 0. The van der Waals surface area contributed by atoms with Crippen molar-refractivity contribution in [3.05, 3.63) is 0 Å². The molecular formula is C10H22N2O. The third-order valence-electron chi connectivity index (χ3n) is 3.11. The van der Waals surface area contributed by atoms with Crippen LogP contribution in [-0.4, -0.2) is 42.8 Å². The molecule has 0 amide bonds. The van der Waals surface area contributed by atoms with Crippen LogP contribution >= 0.6 is 0 Å². The van der Waals surface area contributed by atoms with E-state index in [2.05, 4.69) is 18.7 Å². The van der Waals surface area contributed by atoms with Crippen LogP contribution in [0.25, 0.3) is 0 Å². The summed E-state index contributed by atoms with van der Waals surface area (Å²) in [5.74, 6) is 0.435. The Morgan fingerprint density at radius 3 is 2.69 bits per heavy atom. The highest BCUT2D eigenvalue weighted by Crippen LogP contribution is 2.34. The fourth-order valence-electron chi connectivity index (χ4n) is 2.12. The minimum Gasteiger partial charge on any atom is -0.396 e. The second-order valence-electron chi connectivity index (χ2n) is 4.75. The van der Waals surface area contributed by atoms with E-state index in [4.69, 9.17) is 5.73 Å². The fourth-order valence-corrected chi connectivity index (χ4v) is 2.12. The first-order chi connectivity index (χ1) is 6.10. The van der Waals surface area contributed by atoms with Gasteiger partial charge in [0.15, 0.2) is 0 Å². The minimum atomic E-state index is 0.267. The molecule has 1 atom stereocenters. The molecule has 0 spiro atoms. The molecule has 0 aromatic heterocycles. The third-order valence-corrected chi connectivity index (χ3v) is 3.11. The van der Waals surface area contributed by atoms with E-state index in [1.54, 1.807) is 0 Å². The smallest absolute Gasteiger partial charge is 0.0477 e. The predicted octanol–water partition coefficient (Wildman–Crippen LogP) is 0.286. The molecule has 1 fully saturated rings. The van der Waals surface area contributed by atoms with Crippen molar-refractivity contribution < 1.29 is 5.11 Å². The Hall–Kier alpha value is -0.120. The SMILES string of the molecule is CC1(C)CN(CCCN)C[C@H]1CO. The van der Waals surface area contributed by atoms with Crippen molar-refractivity contribution in [3.63, 3.8) is 0 Å². The number of rotatable bonds is 4. The van der Waals surface area contributed by atoms with Crippen molar-refractivity contribution in [1.82, 2.24) is 4.90 Å². The molecule has 0 saturated carbocycles. The number of aliphatic hydroxyl groups excluding tert-OH is 1. The van der Waals surface area contributed by atoms with E-state index in [0.29, 0.717) is 12.5 Å². The summed E-state index contributed by atoms with van der Waals surface area (Å²) in [6.07, 6.45) is 1.06. The van der Waals surface area contributed by atoms with Gasteiger partial charge in [-0.2, -0.15) is 0 Å². The molecule has 13 heavy (non-hydrogen) atoms. The maximum absolute atomic E-state index is 9.19. The van der Waals surface area contributed by atoms with Gasteiger partial charge in [0.1, 0.15) is 0 Å². The Kier molecular flexibility index (Phi) is 3.71. The van der Waals surface area contributed by atoms with Crippen LogP contribution in [0.4, 0.5) is 0 Å². The molecule has 1 rings (SSSR count). The van der Waals surface area contributed by atoms with Crippen LogP contribution < -0.4 is 5.73 Å². The summed E-state index contributed by atoms with van der Waals surface area (Å²) >= 11 is 0. The standard InChI is InChI=1S/C10H22N2O/c1-10(2)8-12(5-3-4-11)6-9(10)7-13/h9,13H,3-8,11H2,1-2H3/t9-/m0/s1. The van der Waals surface area contributed by atoms with Gasteiger partial charge < -0.3 is 15.7 Å². The number of likely N-dealkylation sites (tertiary alicyclic amines) is 1. The number of aliphatic hydroxyl groups is 1. The highest BCUT2D eigenvalue weighted by atomic mass is 16.3. The first-order valence-electron chi connectivity index (χ1n) is 5.13. The van der Waals surface area contributed by atoms with Gasteiger partial charge in [-0.05, 0) is 24.9 Å². The highest BCUT2D eigenvalue weighted by molar-refractivity contribution is 4.90. The lowest BCUT2D eigenvalue weighted by Crippen LogP contribution is -2.26. The third kappa shape index (κ3) is 2.66. The molecule has 1 aliphatic heterocycles. The average molecular weight is 186 g/mol. The van der Waals surface area contributed by atoms with Gasteiger partial charge in [0.25, 0.3) is 0 Å². The van der Waals surface area contributed by atoms with Gasteiger partial charge in [0.05, 0.1) is 0 Å². The molecule has 0 aromatic carbocycles. The topological polar surface area (TPSA) is 49.5 Å². The summed E-state index contributed by atoms with van der Waals surface area (Å²) in [5.41, 5.74) is 5.73. The molecule has 1 heterocycles. The molecule has 0 aliphatic carbocycles. The lowest BCUT2D eigenvalue weighted by molar-refractivity contribution is 0.161. The normalized spacial score (nSPS) is 28.2. The van der Waals surface area contributed by atoms with Gasteiger partial charge in [0, 0.05) is 25.6 Å². The zero-order valence-corrected chi connectivity index (χ0v) is 8.79. The van der Waals surface area contributed by atoms with Crippen molar-refractivity contribution in [2.45, 2.75) is 20.3 Å². The number of nitrogens with two attached hydrogens (primary N) is 1. The van der Waals surface area contributed by atoms with Crippen LogP contribution in [0.1, 0.15) is 20.3 Å². The van der Waals surface area contributed by atoms with Gasteiger partial charge in [-0.25, -0.2) is 0 Å². The van der Waals surface area contributed by atoms with Crippen LogP contribution in [0, 0.1) is 11.3 Å². The zero-order chi connectivity index (χ0) is 9.90. The van der Waals surface area contributed by atoms with Crippen molar-refractivity contribution in [3.8, 4) is 0 Å². The van der Waals surface area contributed by atoms with E-state index >= 15 is 0 Å². The monoisotopic (exact) mass is 186 g/mol. The highest BCUT2D eigenvalue weighted by Gasteiger charge is 2.38. The van der Waals surface area contributed by atoms with Gasteiger partial charge in [-0.1, -0.05) is 13.8 Å². The van der Waals surface area contributed by atoms with Gasteiger partial charge in [-0.3, -0.25) is 0 Å². The Bertz CT molecular complexity index is 159. The van der Waals surface area contributed by atoms with Gasteiger partial charge in [0.2, 0.25) is 0 Å². The fraction of sp³-hybridized carbons (Fsp3) is 1.00. The summed E-state index contributed by atoms with van der Waals surface area (Å²) in [5, 5.41) is 9.19. The van der Waals surface area contributed by atoms with Gasteiger partial charge in [-0.15, -0.1) is 0 Å². The van der Waals surface area contributed by atoms with Crippen LogP contribution in [0.2, 0.25) is 0 Å². The zero-order valence-electron chi connectivity index (χ0n) is 8.79. The quantitative estimate of drug-likeness (QED) is 0.663. The van der Waals surface area contributed by atoms with Crippen LogP contribution in [-0.2, 0) is 0 Å². The van der Waals surface area contributed by atoms with E-state index < -0.39 is 0 Å². The van der Waals surface area contributed by atoms with E-state index in [-0.39, 0.29) is 5.41 Å². The van der Waals surface area contributed by atoms with Crippen molar-refractivity contribution in [2.24, 2.45) is 17.1 Å². The second kappa shape index (κ2) is 4.40. The summed E-state index contributed by atoms with van der Waals surface area (Å²) in [4.78, 5) is 2.41.